The van der Waals surface area contributed by atoms with E-state index in [1.807, 2.05) is 0 Å². The molecule has 2 unspecified atom stereocenters. The molecule has 2 aliphatic rings. The fraction of sp³-hybridized carbons (Fsp3) is 0.929. The van der Waals surface area contributed by atoms with Crippen molar-refractivity contribution in [2.45, 2.75) is 76.3 Å². The molecule has 2 atom stereocenters. The van der Waals surface area contributed by atoms with Gasteiger partial charge < -0.3 is 5.11 Å². The summed E-state index contributed by atoms with van der Waals surface area (Å²) in [4.78, 5) is 11.6. The third-order valence-electron chi connectivity index (χ3n) is 4.51. The minimum absolute atomic E-state index is 0.430. The molecule has 2 fully saturated rings. The van der Waals surface area contributed by atoms with Crippen LogP contribution in [0.15, 0.2) is 0 Å². The lowest BCUT2D eigenvalue weighted by Gasteiger charge is -2.31. The van der Waals surface area contributed by atoms with E-state index in [4.69, 9.17) is 0 Å². The number of aliphatic carboxylic acids is 1. The van der Waals surface area contributed by atoms with Crippen LogP contribution < -0.4 is 5.32 Å². The molecule has 0 heterocycles. The minimum Gasteiger partial charge on any atom is -0.480 e. The van der Waals surface area contributed by atoms with Crippen molar-refractivity contribution in [2.75, 3.05) is 0 Å². The first-order valence-electron chi connectivity index (χ1n) is 7.13. The van der Waals surface area contributed by atoms with Gasteiger partial charge in [-0.1, -0.05) is 32.6 Å². The molecule has 0 amide bonds. The zero-order valence-electron chi connectivity index (χ0n) is 10.9. The van der Waals surface area contributed by atoms with E-state index in [0.717, 1.165) is 32.1 Å². The monoisotopic (exact) mass is 239 g/mol. The average molecular weight is 239 g/mol. The van der Waals surface area contributed by atoms with Crippen LogP contribution in [0.1, 0.15) is 64.7 Å². The molecule has 2 rings (SSSR count). The second-order valence-corrected chi connectivity index (χ2v) is 6.07. The maximum Gasteiger partial charge on any atom is 0.323 e. The van der Waals surface area contributed by atoms with Gasteiger partial charge in [-0.15, -0.1) is 0 Å². The molecular formula is C14H25NO2. The Morgan fingerprint density at radius 3 is 2.29 bits per heavy atom. The van der Waals surface area contributed by atoms with Crippen LogP contribution in [0.25, 0.3) is 0 Å². The number of carboxylic acids is 1. The van der Waals surface area contributed by atoms with Crippen LogP contribution in [-0.2, 0) is 4.79 Å². The first kappa shape index (κ1) is 12.9. The van der Waals surface area contributed by atoms with Crippen molar-refractivity contribution < 1.29 is 9.90 Å². The molecule has 2 N–H and O–H groups in total. The van der Waals surface area contributed by atoms with E-state index in [1.165, 1.54) is 25.7 Å². The molecule has 0 aromatic carbocycles. The highest BCUT2D eigenvalue weighted by Crippen LogP contribution is 2.36. The molecular weight excluding hydrogens is 214 g/mol. The van der Waals surface area contributed by atoms with Crippen molar-refractivity contribution in [1.29, 1.82) is 0 Å². The fourth-order valence-corrected chi connectivity index (χ4v) is 3.49. The van der Waals surface area contributed by atoms with E-state index in [9.17, 15) is 9.90 Å². The SMILES string of the molecule is CC1CCC(NC2CCCCCC2)(C(=O)O)C1. The van der Waals surface area contributed by atoms with Crippen molar-refractivity contribution in [2.24, 2.45) is 5.92 Å². The molecule has 0 aromatic rings. The van der Waals surface area contributed by atoms with Gasteiger partial charge >= 0.3 is 5.97 Å². The average Bonchev–Trinajstić information content (AvgIpc) is 2.51. The first-order chi connectivity index (χ1) is 8.12. The molecule has 0 spiro atoms. The second kappa shape index (κ2) is 5.38. The molecule has 0 bridgehead atoms. The summed E-state index contributed by atoms with van der Waals surface area (Å²) >= 11 is 0. The highest BCUT2D eigenvalue weighted by atomic mass is 16.4. The number of hydrogen-bond donors (Lipinski definition) is 2. The van der Waals surface area contributed by atoms with Gasteiger partial charge in [-0.3, -0.25) is 10.1 Å². The predicted molar refractivity (Wildman–Crippen MR) is 68.0 cm³/mol. The molecule has 0 radical (unpaired) electrons. The topological polar surface area (TPSA) is 49.3 Å². The Hall–Kier alpha value is -0.570. The maximum atomic E-state index is 11.6. The number of rotatable bonds is 3. The van der Waals surface area contributed by atoms with Crippen molar-refractivity contribution in [3.05, 3.63) is 0 Å². The van der Waals surface area contributed by atoms with Gasteiger partial charge in [-0.05, 0) is 38.0 Å². The van der Waals surface area contributed by atoms with Crippen molar-refractivity contribution in [3.63, 3.8) is 0 Å². The highest BCUT2D eigenvalue weighted by molar-refractivity contribution is 5.79. The van der Waals surface area contributed by atoms with Crippen molar-refractivity contribution in [1.82, 2.24) is 5.32 Å². The largest absolute Gasteiger partial charge is 0.480 e. The van der Waals surface area contributed by atoms with E-state index >= 15 is 0 Å². The zero-order chi connectivity index (χ0) is 12.3. The Morgan fingerprint density at radius 2 is 1.82 bits per heavy atom. The van der Waals surface area contributed by atoms with E-state index in [0.29, 0.717) is 12.0 Å². The van der Waals surface area contributed by atoms with Crippen LogP contribution in [0.5, 0.6) is 0 Å². The fourth-order valence-electron chi connectivity index (χ4n) is 3.49. The number of carboxylic acid groups (broad SMARTS) is 1. The van der Waals surface area contributed by atoms with Crippen LogP contribution in [-0.4, -0.2) is 22.7 Å². The van der Waals surface area contributed by atoms with Crippen LogP contribution >= 0.6 is 0 Å². The van der Waals surface area contributed by atoms with Gasteiger partial charge in [0.05, 0.1) is 0 Å². The predicted octanol–water partition coefficient (Wildman–Crippen LogP) is 2.94. The van der Waals surface area contributed by atoms with Crippen LogP contribution in [0.3, 0.4) is 0 Å². The molecule has 3 nitrogen and oxygen atoms in total. The number of carbonyl (C=O) groups is 1. The summed E-state index contributed by atoms with van der Waals surface area (Å²) < 4.78 is 0. The summed E-state index contributed by atoms with van der Waals surface area (Å²) in [5.41, 5.74) is -0.617. The Balaban J connectivity index is 1.99. The van der Waals surface area contributed by atoms with Gasteiger partial charge in [-0.25, -0.2) is 0 Å². The van der Waals surface area contributed by atoms with Crippen LogP contribution in [0, 0.1) is 5.92 Å². The summed E-state index contributed by atoms with van der Waals surface area (Å²) in [6, 6.07) is 0.430. The lowest BCUT2D eigenvalue weighted by molar-refractivity contribution is -0.145. The molecule has 2 saturated carbocycles. The molecule has 98 valence electrons. The van der Waals surface area contributed by atoms with Gasteiger partial charge in [0.15, 0.2) is 0 Å². The third-order valence-corrected chi connectivity index (χ3v) is 4.51. The second-order valence-electron chi connectivity index (χ2n) is 6.07. The highest BCUT2D eigenvalue weighted by Gasteiger charge is 2.45. The number of nitrogens with one attached hydrogen (secondary N) is 1. The van der Waals surface area contributed by atoms with E-state index in [-0.39, 0.29) is 0 Å². The lowest BCUT2D eigenvalue weighted by atomic mass is 9.93. The molecule has 2 aliphatic carbocycles. The van der Waals surface area contributed by atoms with Crippen molar-refractivity contribution in [3.8, 4) is 0 Å². The van der Waals surface area contributed by atoms with E-state index in [1.54, 1.807) is 0 Å². The first-order valence-corrected chi connectivity index (χ1v) is 7.13. The molecule has 17 heavy (non-hydrogen) atoms. The van der Waals surface area contributed by atoms with Gasteiger partial charge in [0, 0.05) is 6.04 Å². The zero-order valence-corrected chi connectivity index (χ0v) is 10.9. The molecule has 0 saturated heterocycles. The lowest BCUT2D eigenvalue weighted by Crippen LogP contribution is -2.54. The smallest absolute Gasteiger partial charge is 0.323 e. The summed E-state index contributed by atoms with van der Waals surface area (Å²) in [6.45, 7) is 2.17. The van der Waals surface area contributed by atoms with E-state index < -0.39 is 11.5 Å². The Kier molecular flexibility index (Phi) is 4.08. The Labute approximate surface area is 104 Å². The number of hydrogen-bond acceptors (Lipinski definition) is 2. The van der Waals surface area contributed by atoms with Gasteiger partial charge in [-0.2, -0.15) is 0 Å². The summed E-state index contributed by atoms with van der Waals surface area (Å²) in [5.74, 6) is -0.0875. The summed E-state index contributed by atoms with van der Waals surface area (Å²) in [5, 5.41) is 13.0. The van der Waals surface area contributed by atoms with Gasteiger partial charge in [0.25, 0.3) is 0 Å². The Morgan fingerprint density at radius 1 is 1.18 bits per heavy atom. The molecule has 0 aliphatic heterocycles. The standard InChI is InChI=1S/C14H25NO2/c1-11-8-9-14(10-11,13(16)17)15-12-6-4-2-3-5-7-12/h11-12,15H,2-10H2,1H3,(H,16,17). The Bertz CT molecular complexity index is 271. The van der Waals surface area contributed by atoms with Crippen LogP contribution in [0.2, 0.25) is 0 Å². The third kappa shape index (κ3) is 3.01. The summed E-state index contributed by atoms with van der Waals surface area (Å²) in [7, 11) is 0. The van der Waals surface area contributed by atoms with Gasteiger partial charge in [0.1, 0.15) is 5.54 Å². The summed E-state index contributed by atoms with van der Waals surface area (Å²) in [6.07, 6.45) is 10.1. The maximum absolute atomic E-state index is 11.6. The molecule has 0 aromatic heterocycles. The normalized spacial score (nSPS) is 35.7. The molecule has 3 heteroatoms. The minimum atomic E-state index is -0.633. The quantitative estimate of drug-likeness (QED) is 0.744. The van der Waals surface area contributed by atoms with Gasteiger partial charge in [0.2, 0.25) is 0 Å². The van der Waals surface area contributed by atoms with Crippen LogP contribution in [0.4, 0.5) is 0 Å². The van der Waals surface area contributed by atoms with Crippen molar-refractivity contribution >= 4 is 5.97 Å². The van der Waals surface area contributed by atoms with E-state index in [2.05, 4.69) is 12.2 Å².